The van der Waals surface area contributed by atoms with E-state index in [1.807, 2.05) is 6.08 Å². The molecule has 0 spiro atoms. The van der Waals surface area contributed by atoms with E-state index in [4.69, 9.17) is 0 Å². The Labute approximate surface area is 237 Å². The molecule has 0 aliphatic heterocycles. The van der Waals surface area contributed by atoms with Crippen LogP contribution >= 0.6 is 0 Å². The molecule has 1 fully saturated rings. The molecule has 1 unspecified atom stereocenters. The number of alkyl halides is 5. The Bertz CT molecular complexity index is 1470. The third-order valence-corrected chi connectivity index (χ3v) is 8.32. The average Bonchev–Trinajstić information content (AvgIpc) is 2.97. The fraction of sp³-hybridized carbons (Fsp3) is 0.375. The lowest BCUT2D eigenvalue weighted by Crippen LogP contribution is -2.42. The third-order valence-electron chi connectivity index (χ3n) is 8.32. The Morgan fingerprint density at radius 2 is 1.10 bits per heavy atom. The molecular weight excluding hydrogens is 571 g/mol. The van der Waals surface area contributed by atoms with Gasteiger partial charge in [0.05, 0.1) is 0 Å². The molecule has 3 aromatic rings. The number of hydrogen-bond donors (Lipinski definition) is 0. The minimum Gasteiger partial charge on any atom is -0.423 e. The lowest BCUT2D eigenvalue weighted by atomic mass is 9.73. The highest BCUT2D eigenvalue weighted by Crippen LogP contribution is 2.42. The van der Waals surface area contributed by atoms with Crippen LogP contribution in [-0.2, 0) is 0 Å². The topological polar surface area (TPSA) is 9.23 Å². The fourth-order valence-electron chi connectivity index (χ4n) is 6.01. The predicted molar refractivity (Wildman–Crippen MR) is 141 cm³/mol. The molecule has 0 saturated heterocycles. The molecule has 10 heteroatoms. The SMILES string of the molecule is Fc1c(OC(F)(F)C(F)(F)F)ccc(-c2ccc(-c3ccc(C4=CCC(C5CCCCC5)CC4)c(F)c3F)cc2)c1F. The monoisotopic (exact) mass is 598 g/mol. The third kappa shape index (κ3) is 5.90. The number of rotatable bonds is 6. The second-order valence-corrected chi connectivity index (χ2v) is 10.9. The summed E-state index contributed by atoms with van der Waals surface area (Å²) in [7, 11) is 0. The zero-order valence-electron chi connectivity index (χ0n) is 22.3. The van der Waals surface area contributed by atoms with Gasteiger partial charge in [-0.1, -0.05) is 74.6 Å². The summed E-state index contributed by atoms with van der Waals surface area (Å²) in [6, 6.07) is 9.40. The van der Waals surface area contributed by atoms with Crippen molar-refractivity contribution in [3.63, 3.8) is 0 Å². The number of allylic oxidation sites excluding steroid dienone is 2. The van der Waals surface area contributed by atoms with Crippen LogP contribution in [0.2, 0.25) is 0 Å². The van der Waals surface area contributed by atoms with Gasteiger partial charge in [0, 0.05) is 16.7 Å². The molecule has 0 aromatic heterocycles. The van der Waals surface area contributed by atoms with Crippen molar-refractivity contribution in [3.05, 3.63) is 83.4 Å². The van der Waals surface area contributed by atoms with E-state index in [2.05, 4.69) is 4.74 Å². The van der Waals surface area contributed by atoms with Gasteiger partial charge in [-0.2, -0.15) is 26.3 Å². The maximum Gasteiger partial charge on any atom is 0.499 e. The second-order valence-electron chi connectivity index (χ2n) is 10.9. The molecule has 5 rings (SSSR count). The maximum atomic E-state index is 15.2. The van der Waals surface area contributed by atoms with E-state index in [-0.39, 0.29) is 22.3 Å². The van der Waals surface area contributed by atoms with Crippen molar-refractivity contribution < 1.29 is 44.3 Å². The Kier molecular flexibility index (Phi) is 8.36. The lowest BCUT2D eigenvalue weighted by Gasteiger charge is -2.32. The highest BCUT2D eigenvalue weighted by Gasteiger charge is 2.61. The fourth-order valence-corrected chi connectivity index (χ4v) is 6.01. The summed E-state index contributed by atoms with van der Waals surface area (Å²) in [4.78, 5) is 0. The first-order valence-corrected chi connectivity index (χ1v) is 13.8. The largest absolute Gasteiger partial charge is 0.499 e. The van der Waals surface area contributed by atoms with Crippen molar-refractivity contribution in [3.8, 4) is 28.0 Å². The van der Waals surface area contributed by atoms with Crippen molar-refractivity contribution in [2.75, 3.05) is 0 Å². The number of halogens is 9. The first-order valence-electron chi connectivity index (χ1n) is 13.8. The number of ether oxygens (including phenoxy) is 1. The van der Waals surface area contributed by atoms with E-state index in [1.54, 1.807) is 0 Å². The highest BCUT2D eigenvalue weighted by atomic mass is 19.4. The maximum absolute atomic E-state index is 15.2. The van der Waals surface area contributed by atoms with E-state index in [0.29, 0.717) is 24.3 Å². The molecule has 42 heavy (non-hydrogen) atoms. The minimum absolute atomic E-state index is 0.0154. The molecule has 3 aromatic carbocycles. The second kappa shape index (κ2) is 11.7. The van der Waals surface area contributed by atoms with E-state index < -0.39 is 46.9 Å². The van der Waals surface area contributed by atoms with Crippen molar-refractivity contribution in [2.24, 2.45) is 11.8 Å². The molecular formula is C32H27F9O. The van der Waals surface area contributed by atoms with Gasteiger partial charge in [0.25, 0.3) is 0 Å². The van der Waals surface area contributed by atoms with Gasteiger partial charge in [0.2, 0.25) is 5.82 Å². The van der Waals surface area contributed by atoms with Gasteiger partial charge < -0.3 is 4.74 Å². The normalized spacial score (nSPS) is 18.6. The summed E-state index contributed by atoms with van der Waals surface area (Å²) in [6.07, 6.45) is -1.16. The molecule has 0 radical (unpaired) electrons. The summed E-state index contributed by atoms with van der Waals surface area (Å²) >= 11 is 0. The molecule has 0 amide bonds. The quantitative estimate of drug-likeness (QED) is 0.257. The van der Waals surface area contributed by atoms with Gasteiger partial charge in [-0.3, -0.25) is 0 Å². The van der Waals surface area contributed by atoms with Gasteiger partial charge in [0.15, 0.2) is 23.2 Å². The smallest absolute Gasteiger partial charge is 0.423 e. The van der Waals surface area contributed by atoms with Crippen LogP contribution in [0, 0.1) is 35.1 Å². The van der Waals surface area contributed by atoms with Crippen LogP contribution in [0.4, 0.5) is 39.5 Å². The molecule has 224 valence electrons. The van der Waals surface area contributed by atoms with Crippen LogP contribution in [0.25, 0.3) is 27.8 Å². The molecule has 1 saturated carbocycles. The van der Waals surface area contributed by atoms with Gasteiger partial charge in [-0.05, 0) is 59.9 Å². The zero-order chi connectivity index (χ0) is 30.2. The van der Waals surface area contributed by atoms with Crippen molar-refractivity contribution in [1.29, 1.82) is 0 Å². The standard InChI is InChI=1S/C32H27F9O/c33-27-23(20-8-6-19(7-9-20)18-4-2-1-3-5-18)14-15-24(28(27)34)21-10-12-22(13-11-21)25-16-17-26(30(36)29(25)35)42-32(40,41)31(37,38)39/h8,10-19H,1-7,9H2. The van der Waals surface area contributed by atoms with E-state index in [1.165, 1.54) is 68.5 Å². The van der Waals surface area contributed by atoms with Crippen LogP contribution < -0.4 is 4.74 Å². The molecule has 2 aliphatic rings. The average molecular weight is 599 g/mol. The molecule has 1 atom stereocenters. The molecule has 0 heterocycles. The number of benzene rings is 3. The first kappa shape index (κ1) is 30.0. The van der Waals surface area contributed by atoms with Gasteiger partial charge in [0.1, 0.15) is 0 Å². The van der Waals surface area contributed by atoms with Crippen LogP contribution in [0.1, 0.15) is 56.9 Å². The zero-order valence-corrected chi connectivity index (χ0v) is 22.3. The Hall–Kier alpha value is -3.43. The summed E-state index contributed by atoms with van der Waals surface area (Å²) in [5.41, 5.74) is 0.733. The molecule has 0 N–H and O–H groups in total. The number of hydrogen-bond acceptors (Lipinski definition) is 1. The minimum atomic E-state index is -6.14. The Balaban J connectivity index is 1.34. The summed E-state index contributed by atoms with van der Waals surface area (Å²) in [5.74, 6) is -6.14. The first-order chi connectivity index (χ1) is 19.9. The highest BCUT2D eigenvalue weighted by molar-refractivity contribution is 5.74. The van der Waals surface area contributed by atoms with Crippen molar-refractivity contribution in [1.82, 2.24) is 0 Å². The van der Waals surface area contributed by atoms with Crippen LogP contribution in [0.5, 0.6) is 5.75 Å². The lowest BCUT2D eigenvalue weighted by molar-refractivity contribution is -0.361. The van der Waals surface area contributed by atoms with E-state index in [9.17, 15) is 30.7 Å². The van der Waals surface area contributed by atoms with Crippen molar-refractivity contribution in [2.45, 2.75) is 63.7 Å². The predicted octanol–water partition coefficient (Wildman–Crippen LogP) is 10.9. The summed E-state index contributed by atoms with van der Waals surface area (Å²) < 4.78 is 126. The summed E-state index contributed by atoms with van der Waals surface area (Å²) in [5, 5.41) is 0. The van der Waals surface area contributed by atoms with E-state index >= 15 is 8.78 Å². The van der Waals surface area contributed by atoms with Gasteiger partial charge in [-0.25, -0.2) is 13.2 Å². The van der Waals surface area contributed by atoms with Crippen LogP contribution in [-0.4, -0.2) is 12.3 Å². The molecule has 0 bridgehead atoms. The summed E-state index contributed by atoms with van der Waals surface area (Å²) in [6.45, 7) is 0. The Morgan fingerprint density at radius 1 is 0.571 bits per heavy atom. The van der Waals surface area contributed by atoms with Crippen molar-refractivity contribution >= 4 is 5.57 Å². The Morgan fingerprint density at radius 3 is 1.64 bits per heavy atom. The van der Waals surface area contributed by atoms with Crippen LogP contribution in [0.15, 0.2) is 54.6 Å². The van der Waals surface area contributed by atoms with Crippen LogP contribution in [0.3, 0.4) is 0 Å². The molecule has 2 aliphatic carbocycles. The van der Waals surface area contributed by atoms with Gasteiger partial charge >= 0.3 is 12.3 Å². The molecule has 1 nitrogen and oxygen atoms in total. The van der Waals surface area contributed by atoms with Gasteiger partial charge in [-0.15, -0.1) is 0 Å². The van der Waals surface area contributed by atoms with E-state index in [0.717, 1.165) is 24.5 Å².